The van der Waals surface area contributed by atoms with Crippen molar-refractivity contribution >= 4 is 17.5 Å². The first-order chi connectivity index (χ1) is 11.9. The Bertz CT molecular complexity index is 678. The number of hydrogen-bond donors (Lipinski definition) is 1. The Hall–Kier alpha value is -2.76. The van der Waals surface area contributed by atoms with Gasteiger partial charge in [-0.05, 0) is 50.2 Å². The van der Waals surface area contributed by atoms with E-state index in [-0.39, 0.29) is 24.3 Å². The Morgan fingerprint density at radius 2 is 1.92 bits per heavy atom. The van der Waals surface area contributed by atoms with Gasteiger partial charge < -0.3 is 19.4 Å². The Balaban J connectivity index is 1.83. The van der Waals surface area contributed by atoms with E-state index in [4.69, 9.17) is 9.15 Å². The van der Waals surface area contributed by atoms with E-state index in [2.05, 4.69) is 5.32 Å². The summed E-state index contributed by atoms with van der Waals surface area (Å²) in [6.07, 6.45) is 1.88. The number of nitrogens with one attached hydrogen (secondary N) is 1. The van der Waals surface area contributed by atoms with Gasteiger partial charge in [0.05, 0.1) is 18.9 Å². The van der Waals surface area contributed by atoms with Gasteiger partial charge in [-0.1, -0.05) is 0 Å². The summed E-state index contributed by atoms with van der Waals surface area (Å²) in [5.41, 5.74) is 0.696. The molecule has 134 valence electrons. The molecule has 0 aliphatic heterocycles. The second kappa shape index (κ2) is 8.92. The molecule has 25 heavy (non-hydrogen) atoms. The Labute approximate surface area is 147 Å². The zero-order chi connectivity index (χ0) is 18.2. The normalized spacial score (nSPS) is 10.6. The van der Waals surface area contributed by atoms with Crippen LogP contribution in [0.5, 0.6) is 5.75 Å². The lowest BCUT2D eigenvalue weighted by atomic mass is 10.2. The molecule has 0 atom stereocenters. The average molecular weight is 344 g/mol. The van der Waals surface area contributed by atoms with Crippen molar-refractivity contribution in [2.75, 3.05) is 11.9 Å². The molecule has 0 saturated carbocycles. The highest BCUT2D eigenvalue weighted by atomic mass is 16.5. The fraction of sp³-hybridized carbons (Fsp3) is 0.368. The molecule has 0 unspecified atom stereocenters. The molecular formula is C19H24N2O4. The van der Waals surface area contributed by atoms with Crippen molar-refractivity contribution in [1.82, 2.24) is 4.90 Å². The van der Waals surface area contributed by atoms with E-state index in [1.807, 2.05) is 26.0 Å². The van der Waals surface area contributed by atoms with Gasteiger partial charge in [0.25, 0.3) is 0 Å². The summed E-state index contributed by atoms with van der Waals surface area (Å²) in [5, 5.41) is 2.82. The van der Waals surface area contributed by atoms with E-state index < -0.39 is 0 Å². The highest BCUT2D eigenvalue weighted by molar-refractivity contribution is 5.91. The van der Waals surface area contributed by atoms with Crippen molar-refractivity contribution in [3.05, 3.63) is 48.4 Å². The lowest BCUT2D eigenvalue weighted by molar-refractivity contribution is -0.130. The molecule has 2 aromatic rings. The van der Waals surface area contributed by atoms with Gasteiger partial charge in [-0.3, -0.25) is 9.59 Å². The van der Waals surface area contributed by atoms with Gasteiger partial charge in [0.15, 0.2) is 0 Å². The maximum Gasteiger partial charge on any atom is 0.226 e. The van der Waals surface area contributed by atoms with E-state index in [0.29, 0.717) is 24.5 Å². The monoisotopic (exact) mass is 344 g/mol. The Morgan fingerprint density at radius 1 is 1.20 bits per heavy atom. The zero-order valence-corrected chi connectivity index (χ0v) is 14.8. The zero-order valence-electron chi connectivity index (χ0n) is 14.8. The van der Waals surface area contributed by atoms with Gasteiger partial charge in [0.2, 0.25) is 11.8 Å². The lowest BCUT2D eigenvalue weighted by Gasteiger charge is -2.19. The third-order valence-electron chi connectivity index (χ3n) is 3.49. The van der Waals surface area contributed by atoms with Crippen LogP contribution in [0.15, 0.2) is 47.1 Å². The SMILES string of the molecule is CC(=O)N(CCC(=O)Nc1ccc(OC(C)C)cc1)Cc1ccco1. The number of ether oxygens (including phenoxy) is 1. The third-order valence-corrected chi connectivity index (χ3v) is 3.49. The van der Waals surface area contributed by atoms with E-state index in [1.165, 1.54) is 6.92 Å². The number of rotatable bonds is 8. The minimum absolute atomic E-state index is 0.0978. The molecule has 2 rings (SSSR count). The minimum atomic E-state index is -0.150. The molecule has 0 saturated heterocycles. The maximum atomic E-state index is 12.1. The number of benzene rings is 1. The highest BCUT2D eigenvalue weighted by Gasteiger charge is 2.13. The second-order valence-electron chi connectivity index (χ2n) is 6.01. The molecule has 1 N–H and O–H groups in total. The first-order valence-corrected chi connectivity index (χ1v) is 8.28. The largest absolute Gasteiger partial charge is 0.491 e. The maximum absolute atomic E-state index is 12.1. The Kier molecular flexibility index (Phi) is 6.62. The van der Waals surface area contributed by atoms with Crippen molar-refractivity contribution in [3.63, 3.8) is 0 Å². The molecule has 0 radical (unpaired) electrons. The second-order valence-corrected chi connectivity index (χ2v) is 6.01. The van der Waals surface area contributed by atoms with Crippen LogP contribution in [0.1, 0.15) is 33.0 Å². The van der Waals surface area contributed by atoms with Crippen molar-refractivity contribution in [2.24, 2.45) is 0 Å². The molecule has 0 bridgehead atoms. The van der Waals surface area contributed by atoms with E-state index in [1.54, 1.807) is 35.4 Å². The number of nitrogens with zero attached hydrogens (tertiary/aromatic N) is 1. The third kappa shape index (κ3) is 6.33. The van der Waals surface area contributed by atoms with Gasteiger partial charge in [0, 0.05) is 25.6 Å². The molecule has 0 fully saturated rings. The van der Waals surface area contributed by atoms with Crippen LogP contribution in [0, 0.1) is 0 Å². The van der Waals surface area contributed by atoms with Crippen LogP contribution in [0.4, 0.5) is 5.69 Å². The number of furan rings is 1. The molecule has 6 heteroatoms. The first-order valence-electron chi connectivity index (χ1n) is 8.28. The van der Waals surface area contributed by atoms with Crippen molar-refractivity contribution in [3.8, 4) is 5.75 Å². The number of hydrogen-bond acceptors (Lipinski definition) is 4. The number of carbonyl (C=O) groups is 2. The van der Waals surface area contributed by atoms with Gasteiger partial charge in [-0.15, -0.1) is 0 Å². The highest BCUT2D eigenvalue weighted by Crippen LogP contribution is 2.17. The summed E-state index contributed by atoms with van der Waals surface area (Å²) in [6.45, 7) is 6.08. The van der Waals surface area contributed by atoms with E-state index >= 15 is 0 Å². The summed E-state index contributed by atoms with van der Waals surface area (Å²) < 4.78 is 10.8. The van der Waals surface area contributed by atoms with Crippen LogP contribution < -0.4 is 10.1 Å². The fourth-order valence-electron chi connectivity index (χ4n) is 2.29. The summed E-state index contributed by atoms with van der Waals surface area (Å²) in [4.78, 5) is 25.4. The Morgan fingerprint density at radius 3 is 2.48 bits per heavy atom. The summed E-state index contributed by atoms with van der Waals surface area (Å²) >= 11 is 0. The molecule has 0 aliphatic rings. The van der Waals surface area contributed by atoms with E-state index in [0.717, 1.165) is 5.75 Å². The van der Waals surface area contributed by atoms with Crippen LogP contribution >= 0.6 is 0 Å². The average Bonchev–Trinajstić information content (AvgIpc) is 3.05. The molecular weight excluding hydrogens is 320 g/mol. The summed E-state index contributed by atoms with van der Waals surface area (Å²) in [5.74, 6) is 1.20. The van der Waals surface area contributed by atoms with E-state index in [9.17, 15) is 9.59 Å². The number of carbonyl (C=O) groups excluding carboxylic acids is 2. The molecule has 1 aromatic carbocycles. The van der Waals surface area contributed by atoms with Crippen LogP contribution in [-0.4, -0.2) is 29.4 Å². The minimum Gasteiger partial charge on any atom is -0.491 e. The van der Waals surface area contributed by atoms with Crippen LogP contribution in [0.25, 0.3) is 0 Å². The van der Waals surface area contributed by atoms with Crippen LogP contribution in [0.2, 0.25) is 0 Å². The van der Waals surface area contributed by atoms with Crippen LogP contribution in [0.3, 0.4) is 0 Å². The van der Waals surface area contributed by atoms with Crippen molar-refractivity contribution in [2.45, 2.75) is 39.8 Å². The lowest BCUT2D eigenvalue weighted by Crippen LogP contribution is -2.31. The van der Waals surface area contributed by atoms with Gasteiger partial charge in [0.1, 0.15) is 11.5 Å². The van der Waals surface area contributed by atoms with Gasteiger partial charge >= 0.3 is 0 Å². The predicted octanol–water partition coefficient (Wildman–Crippen LogP) is 3.44. The number of amides is 2. The van der Waals surface area contributed by atoms with Crippen molar-refractivity contribution < 1.29 is 18.7 Å². The topological polar surface area (TPSA) is 71.8 Å². The predicted molar refractivity (Wildman–Crippen MR) is 95.3 cm³/mol. The summed E-state index contributed by atoms with van der Waals surface area (Å²) in [7, 11) is 0. The molecule has 0 spiro atoms. The van der Waals surface area contributed by atoms with Crippen LogP contribution in [-0.2, 0) is 16.1 Å². The summed E-state index contributed by atoms with van der Waals surface area (Å²) in [6, 6.07) is 10.8. The van der Waals surface area contributed by atoms with Gasteiger partial charge in [-0.25, -0.2) is 0 Å². The molecule has 1 heterocycles. The molecule has 6 nitrogen and oxygen atoms in total. The first kappa shape index (κ1) is 18.6. The molecule has 2 amide bonds. The quantitative estimate of drug-likeness (QED) is 0.796. The molecule has 1 aromatic heterocycles. The number of anilines is 1. The standard InChI is InChI=1S/C19H24N2O4/c1-14(2)25-17-8-6-16(7-9-17)20-19(23)10-11-21(15(3)22)13-18-5-4-12-24-18/h4-9,12,14H,10-11,13H2,1-3H3,(H,20,23). The van der Waals surface area contributed by atoms with Crippen molar-refractivity contribution in [1.29, 1.82) is 0 Å². The molecule has 0 aliphatic carbocycles. The van der Waals surface area contributed by atoms with Gasteiger partial charge in [-0.2, -0.15) is 0 Å². The smallest absolute Gasteiger partial charge is 0.226 e. The fourth-order valence-corrected chi connectivity index (χ4v) is 2.29.